The van der Waals surface area contributed by atoms with Crippen LogP contribution in [-0.4, -0.2) is 10.2 Å². The molecule has 0 saturated heterocycles. The molecular weight excluding hydrogens is 589 g/mol. The van der Waals surface area contributed by atoms with Crippen molar-refractivity contribution in [3.63, 3.8) is 0 Å². The lowest BCUT2D eigenvalue weighted by Crippen LogP contribution is -2.29. The van der Waals surface area contributed by atoms with E-state index in [1.54, 1.807) is 24.3 Å². The standard InChI is InChI=1S/C41H26O2S2/c42-29-19-15-27(16-20-29)41(28-17-21-30(43)22-18-28)39-31(9-5-11-33(39)37-23-25-7-1-3-13-35(25)44-37)32-10-6-12-34(40(32)41)38-24-26-8-2-4-14-36(26)45-38/h1-24,42-43H. The first-order valence-electron chi connectivity index (χ1n) is 15.0. The predicted molar refractivity (Wildman–Crippen MR) is 189 cm³/mol. The average molecular weight is 615 g/mol. The first-order chi connectivity index (χ1) is 22.1. The lowest BCUT2D eigenvalue weighted by molar-refractivity contribution is 0.475. The van der Waals surface area contributed by atoms with Crippen LogP contribution in [0.25, 0.3) is 52.2 Å². The highest BCUT2D eigenvalue weighted by Crippen LogP contribution is 2.62. The molecule has 0 aliphatic heterocycles. The van der Waals surface area contributed by atoms with Gasteiger partial charge in [-0.3, -0.25) is 0 Å². The van der Waals surface area contributed by atoms with Gasteiger partial charge in [-0.1, -0.05) is 97.1 Å². The normalized spacial score (nSPS) is 13.2. The molecule has 0 fully saturated rings. The van der Waals surface area contributed by atoms with Gasteiger partial charge in [0.15, 0.2) is 0 Å². The van der Waals surface area contributed by atoms with Crippen molar-refractivity contribution in [1.82, 2.24) is 0 Å². The fourth-order valence-electron chi connectivity index (χ4n) is 7.29. The first kappa shape index (κ1) is 26.3. The van der Waals surface area contributed by atoms with Crippen LogP contribution < -0.4 is 0 Å². The second-order valence-corrected chi connectivity index (χ2v) is 13.8. The third kappa shape index (κ3) is 3.86. The number of phenolic OH excluding ortho intramolecular Hbond substituents is 2. The molecule has 0 saturated carbocycles. The molecule has 0 radical (unpaired) electrons. The monoisotopic (exact) mass is 614 g/mol. The van der Waals surface area contributed by atoms with Gasteiger partial charge in [0.1, 0.15) is 11.5 Å². The number of phenols is 2. The number of fused-ring (bicyclic) bond motifs is 5. The molecular formula is C41H26O2S2. The zero-order chi connectivity index (χ0) is 30.1. The molecule has 45 heavy (non-hydrogen) atoms. The minimum atomic E-state index is -0.731. The van der Waals surface area contributed by atoms with E-state index in [1.807, 2.05) is 22.7 Å². The molecule has 2 aromatic heterocycles. The molecule has 0 spiro atoms. The van der Waals surface area contributed by atoms with Crippen LogP contribution in [0, 0.1) is 0 Å². The number of hydrogen-bond donors (Lipinski definition) is 2. The largest absolute Gasteiger partial charge is 0.508 e. The highest BCUT2D eigenvalue weighted by Gasteiger charge is 2.49. The third-order valence-electron chi connectivity index (χ3n) is 9.15. The predicted octanol–water partition coefficient (Wildman–Crippen LogP) is 11.2. The summed E-state index contributed by atoms with van der Waals surface area (Å²) in [6.07, 6.45) is 0. The molecule has 214 valence electrons. The Labute approximate surface area is 268 Å². The van der Waals surface area contributed by atoms with Gasteiger partial charge >= 0.3 is 0 Å². The third-order valence-corrected chi connectivity index (χ3v) is 11.5. The second-order valence-electron chi connectivity index (χ2n) is 11.6. The molecule has 2 N–H and O–H groups in total. The van der Waals surface area contributed by atoms with E-state index in [-0.39, 0.29) is 11.5 Å². The quantitative estimate of drug-likeness (QED) is 0.207. The summed E-state index contributed by atoms with van der Waals surface area (Å²) >= 11 is 3.63. The van der Waals surface area contributed by atoms with E-state index in [0.29, 0.717) is 0 Å². The summed E-state index contributed by atoms with van der Waals surface area (Å²) in [4.78, 5) is 2.43. The zero-order valence-corrected chi connectivity index (χ0v) is 25.7. The fraction of sp³-hybridized carbons (Fsp3) is 0.0244. The van der Waals surface area contributed by atoms with Gasteiger partial charge in [0.2, 0.25) is 0 Å². The highest BCUT2D eigenvalue weighted by molar-refractivity contribution is 7.22. The van der Waals surface area contributed by atoms with E-state index < -0.39 is 5.41 Å². The Balaban J connectivity index is 1.46. The Morgan fingerprint density at radius 2 is 0.800 bits per heavy atom. The summed E-state index contributed by atoms with van der Waals surface area (Å²) in [7, 11) is 0. The lowest BCUT2D eigenvalue weighted by atomic mass is 9.65. The minimum Gasteiger partial charge on any atom is -0.508 e. The van der Waals surface area contributed by atoms with E-state index in [9.17, 15) is 10.2 Å². The van der Waals surface area contributed by atoms with Gasteiger partial charge in [0.25, 0.3) is 0 Å². The summed E-state index contributed by atoms with van der Waals surface area (Å²) < 4.78 is 2.51. The molecule has 0 bridgehead atoms. The van der Waals surface area contributed by atoms with Crippen molar-refractivity contribution in [2.75, 3.05) is 0 Å². The number of hydrogen-bond acceptors (Lipinski definition) is 4. The minimum absolute atomic E-state index is 0.230. The van der Waals surface area contributed by atoms with Crippen LogP contribution in [0.1, 0.15) is 22.3 Å². The van der Waals surface area contributed by atoms with Gasteiger partial charge in [-0.05, 0) is 104 Å². The number of aromatic hydroxyl groups is 2. The maximum atomic E-state index is 10.5. The van der Waals surface area contributed by atoms with Crippen LogP contribution in [0.3, 0.4) is 0 Å². The molecule has 1 aliphatic rings. The summed E-state index contributed by atoms with van der Waals surface area (Å²) in [6.45, 7) is 0. The summed E-state index contributed by atoms with van der Waals surface area (Å²) in [5, 5.41) is 23.4. The van der Waals surface area contributed by atoms with Crippen LogP contribution in [0.15, 0.2) is 146 Å². The molecule has 2 heterocycles. The summed E-state index contributed by atoms with van der Waals surface area (Å²) in [5.74, 6) is 0.460. The Morgan fingerprint density at radius 3 is 1.22 bits per heavy atom. The number of benzene rings is 6. The fourth-order valence-corrected chi connectivity index (χ4v) is 9.48. The molecule has 1 aliphatic carbocycles. The van der Waals surface area contributed by atoms with Crippen molar-refractivity contribution in [3.8, 4) is 43.5 Å². The van der Waals surface area contributed by atoms with Crippen LogP contribution in [0.2, 0.25) is 0 Å². The van der Waals surface area contributed by atoms with Crippen LogP contribution in [-0.2, 0) is 5.41 Å². The Bertz CT molecular complexity index is 2160. The van der Waals surface area contributed by atoms with Crippen molar-refractivity contribution < 1.29 is 10.2 Å². The number of thiophene rings is 2. The lowest BCUT2D eigenvalue weighted by Gasteiger charge is -2.36. The van der Waals surface area contributed by atoms with Gasteiger partial charge in [-0.2, -0.15) is 0 Å². The van der Waals surface area contributed by atoms with E-state index in [4.69, 9.17) is 0 Å². The van der Waals surface area contributed by atoms with Crippen molar-refractivity contribution in [2.45, 2.75) is 5.41 Å². The molecule has 8 aromatic rings. The van der Waals surface area contributed by atoms with Crippen molar-refractivity contribution >= 4 is 42.8 Å². The van der Waals surface area contributed by atoms with Crippen molar-refractivity contribution in [2.24, 2.45) is 0 Å². The molecule has 0 amide bonds. The van der Waals surface area contributed by atoms with E-state index in [2.05, 4.69) is 121 Å². The average Bonchev–Trinajstić information content (AvgIpc) is 3.78. The molecule has 4 heteroatoms. The van der Waals surface area contributed by atoms with E-state index >= 15 is 0 Å². The van der Waals surface area contributed by atoms with Crippen molar-refractivity contribution in [1.29, 1.82) is 0 Å². The Kier molecular flexibility index (Phi) is 5.79. The molecule has 2 nitrogen and oxygen atoms in total. The topological polar surface area (TPSA) is 40.5 Å². The summed E-state index contributed by atoms with van der Waals surface area (Å²) in [5.41, 5.74) is 8.61. The van der Waals surface area contributed by atoms with Gasteiger partial charge < -0.3 is 10.2 Å². The molecule has 0 atom stereocenters. The van der Waals surface area contributed by atoms with E-state index in [0.717, 1.165) is 11.1 Å². The van der Waals surface area contributed by atoms with Gasteiger partial charge in [0.05, 0.1) is 5.41 Å². The maximum Gasteiger partial charge on any atom is 0.115 e. The van der Waals surface area contributed by atoms with Crippen LogP contribution in [0.5, 0.6) is 11.5 Å². The highest BCUT2D eigenvalue weighted by atomic mass is 32.1. The van der Waals surface area contributed by atoms with E-state index in [1.165, 1.54) is 63.3 Å². The Hall–Kier alpha value is -5.16. The van der Waals surface area contributed by atoms with Gasteiger partial charge in [-0.15, -0.1) is 22.7 Å². The van der Waals surface area contributed by atoms with Gasteiger partial charge in [0, 0.05) is 19.2 Å². The SMILES string of the molecule is Oc1ccc(C2(c3ccc(O)cc3)c3c(-c4cc5ccccc5s4)cccc3-c3cccc(-c4cc5ccccc5s4)c32)cc1. The van der Waals surface area contributed by atoms with Crippen LogP contribution in [0.4, 0.5) is 0 Å². The molecule has 6 aromatic carbocycles. The summed E-state index contributed by atoms with van der Waals surface area (Å²) in [6, 6.07) is 50.5. The van der Waals surface area contributed by atoms with Crippen molar-refractivity contribution in [3.05, 3.63) is 168 Å². The Morgan fingerprint density at radius 1 is 0.400 bits per heavy atom. The number of rotatable bonds is 4. The zero-order valence-electron chi connectivity index (χ0n) is 24.1. The maximum absolute atomic E-state index is 10.5. The molecule has 0 unspecified atom stereocenters. The first-order valence-corrected chi connectivity index (χ1v) is 16.6. The van der Waals surface area contributed by atoms with Gasteiger partial charge in [-0.25, -0.2) is 0 Å². The second kappa shape index (κ2) is 9.93. The molecule has 9 rings (SSSR count). The smallest absolute Gasteiger partial charge is 0.115 e. The van der Waals surface area contributed by atoms with Crippen LogP contribution >= 0.6 is 22.7 Å².